The van der Waals surface area contributed by atoms with Gasteiger partial charge in [-0.3, -0.25) is 9.78 Å². The van der Waals surface area contributed by atoms with Gasteiger partial charge in [0, 0.05) is 35.7 Å². The first-order chi connectivity index (χ1) is 17.9. The maximum Gasteiger partial charge on any atom is 0.243 e. The minimum atomic E-state index is -3.67. The average Bonchev–Trinajstić information content (AvgIpc) is 3.35. The third kappa shape index (κ3) is 4.29. The summed E-state index contributed by atoms with van der Waals surface area (Å²) in [6.45, 7) is 0.246. The molecular formula is C29H28N2O5S. The number of nitrogens with zero attached hydrogens (tertiary/aromatic N) is 2. The molecule has 1 atom stereocenters. The maximum absolute atomic E-state index is 13.4. The average molecular weight is 517 g/mol. The van der Waals surface area contributed by atoms with Crippen LogP contribution >= 0.6 is 0 Å². The number of carbonyl (C=O) groups excluding carboxylic acids is 1. The smallest absolute Gasteiger partial charge is 0.243 e. The minimum absolute atomic E-state index is 0.158. The topological polar surface area (TPSA) is 101 Å². The Labute approximate surface area is 215 Å². The number of benzene rings is 2. The van der Waals surface area contributed by atoms with Crippen molar-refractivity contribution in [3.8, 4) is 11.3 Å². The van der Waals surface area contributed by atoms with E-state index in [2.05, 4.69) is 0 Å². The van der Waals surface area contributed by atoms with E-state index in [1.807, 2.05) is 42.5 Å². The second-order valence-corrected chi connectivity index (χ2v) is 11.9. The third-order valence-corrected chi connectivity index (χ3v) is 9.69. The SMILES string of the molecule is O=C(Cc1cccc(-c2ccc(S(=O)(=O)N3CCC[C@@H]3CO)cc2)n1)C1(c2ccc3occc3c2)CC1. The quantitative estimate of drug-likeness (QED) is 0.371. The standard InChI is InChI=1S/C29H28N2O5S/c32-19-24-4-2-15-31(24)37(34,35)25-9-6-20(7-10-25)26-5-1-3-23(30-26)18-28(33)29(13-14-29)22-8-11-27-21(17-22)12-16-36-27/h1,3,5-12,16-17,24,32H,2,4,13-15,18-19H2/t24-/m1/s1. The lowest BCUT2D eigenvalue weighted by Gasteiger charge is -2.22. The number of ketones is 1. The normalized spacial score (nSPS) is 19.3. The van der Waals surface area contributed by atoms with Gasteiger partial charge in [-0.2, -0.15) is 4.31 Å². The molecule has 190 valence electrons. The van der Waals surface area contributed by atoms with Gasteiger partial charge in [-0.05, 0) is 73.7 Å². The van der Waals surface area contributed by atoms with Crippen molar-refractivity contribution < 1.29 is 22.7 Å². The molecule has 4 aromatic rings. The molecule has 0 amide bonds. The predicted octanol–water partition coefficient (Wildman–Crippen LogP) is 4.48. The highest BCUT2D eigenvalue weighted by Gasteiger charge is 2.50. The zero-order chi connectivity index (χ0) is 25.6. The second-order valence-electron chi connectivity index (χ2n) is 9.99. The van der Waals surface area contributed by atoms with Gasteiger partial charge in [0.15, 0.2) is 0 Å². The Morgan fingerprint density at radius 2 is 1.89 bits per heavy atom. The van der Waals surface area contributed by atoms with Crippen molar-refractivity contribution in [2.24, 2.45) is 0 Å². The molecule has 1 aliphatic heterocycles. The fourth-order valence-electron chi connectivity index (χ4n) is 5.43. The van der Waals surface area contributed by atoms with E-state index in [0.29, 0.717) is 24.4 Å². The molecule has 0 unspecified atom stereocenters. The fourth-order valence-corrected chi connectivity index (χ4v) is 7.12. The van der Waals surface area contributed by atoms with Gasteiger partial charge in [0.25, 0.3) is 0 Å². The van der Waals surface area contributed by atoms with Gasteiger partial charge in [0.05, 0.1) is 28.9 Å². The zero-order valence-corrected chi connectivity index (χ0v) is 21.2. The molecule has 6 rings (SSSR count). The van der Waals surface area contributed by atoms with E-state index in [-0.39, 0.29) is 29.7 Å². The Morgan fingerprint density at radius 3 is 2.65 bits per heavy atom. The predicted molar refractivity (Wildman–Crippen MR) is 140 cm³/mol. The number of hydrogen-bond donors (Lipinski definition) is 1. The van der Waals surface area contributed by atoms with Crippen molar-refractivity contribution in [2.45, 2.75) is 48.5 Å². The van der Waals surface area contributed by atoms with Crippen molar-refractivity contribution in [1.29, 1.82) is 0 Å². The summed E-state index contributed by atoms with van der Waals surface area (Å²) in [5, 5.41) is 10.5. The van der Waals surface area contributed by atoms with Crippen molar-refractivity contribution in [2.75, 3.05) is 13.2 Å². The maximum atomic E-state index is 13.4. The Morgan fingerprint density at radius 1 is 1.08 bits per heavy atom. The van der Waals surface area contributed by atoms with Crippen LogP contribution in [0.3, 0.4) is 0 Å². The molecule has 1 saturated carbocycles. The highest BCUT2D eigenvalue weighted by atomic mass is 32.2. The molecule has 2 aromatic heterocycles. The molecule has 3 heterocycles. The van der Waals surface area contributed by atoms with Crippen molar-refractivity contribution >= 4 is 26.8 Å². The number of furan rings is 1. The molecule has 0 radical (unpaired) electrons. The van der Waals surface area contributed by atoms with E-state index in [1.165, 1.54) is 4.31 Å². The van der Waals surface area contributed by atoms with Crippen LogP contribution in [0.15, 0.2) is 82.3 Å². The van der Waals surface area contributed by atoms with Crippen LogP contribution < -0.4 is 0 Å². The van der Waals surface area contributed by atoms with Gasteiger partial charge in [-0.1, -0.05) is 24.3 Å². The minimum Gasteiger partial charge on any atom is -0.464 e. The number of aliphatic hydroxyl groups is 1. The Balaban J connectivity index is 1.20. The molecule has 1 N–H and O–H groups in total. The lowest BCUT2D eigenvalue weighted by atomic mass is 9.88. The van der Waals surface area contributed by atoms with Crippen molar-refractivity contribution in [3.05, 3.63) is 84.3 Å². The number of Topliss-reactive ketones (excluding diaryl/α,β-unsaturated/α-hetero) is 1. The molecule has 0 spiro atoms. The number of sulfonamides is 1. The molecule has 0 bridgehead atoms. The van der Waals surface area contributed by atoms with E-state index < -0.39 is 15.4 Å². The van der Waals surface area contributed by atoms with Crippen LogP contribution in [0.1, 0.15) is 36.9 Å². The largest absolute Gasteiger partial charge is 0.464 e. The highest BCUT2D eigenvalue weighted by Crippen LogP contribution is 2.50. The molecule has 2 fully saturated rings. The monoisotopic (exact) mass is 516 g/mol. The van der Waals surface area contributed by atoms with Gasteiger partial charge in [0.2, 0.25) is 10.0 Å². The zero-order valence-electron chi connectivity index (χ0n) is 20.3. The number of carbonyl (C=O) groups is 1. The van der Waals surface area contributed by atoms with Crippen LogP contribution in [0.25, 0.3) is 22.2 Å². The molecular weight excluding hydrogens is 488 g/mol. The third-order valence-electron chi connectivity index (χ3n) is 7.73. The number of aromatic nitrogens is 1. The van der Waals surface area contributed by atoms with Gasteiger partial charge >= 0.3 is 0 Å². The van der Waals surface area contributed by atoms with Crippen LogP contribution in [0, 0.1) is 0 Å². The lowest BCUT2D eigenvalue weighted by molar-refractivity contribution is -0.120. The summed E-state index contributed by atoms with van der Waals surface area (Å²) in [5.74, 6) is 0.158. The second kappa shape index (κ2) is 9.20. The van der Waals surface area contributed by atoms with Gasteiger partial charge in [0.1, 0.15) is 11.4 Å². The van der Waals surface area contributed by atoms with Gasteiger partial charge in [-0.15, -0.1) is 0 Å². The first-order valence-electron chi connectivity index (χ1n) is 12.6. The molecule has 2 aliphatic rings. The fraction of sp³-hybridized carbons (Fsp3) is 0.310. The molecule has 7 nitrogen and oxygen atoms in total. The van der Waals surface area contributed by atoms with Crippen LogP contribution in [0.2, 0.25) is 0 Å². The number of hydrogen-bond acceptors (Lipinski definition) is 6. The molecule has 8 heteroatoms. The summed E-state index contributed by atoms with van der Waals surface area (Å²) in [7, 11) is -3.67. The Bertz CT molecular complexity index is 1570. The van der Waals surface area contributed by atoms with Crippen molar-refractivity contribution in [3.63, 3.8) is 0 Å². The molecule has 2 aromatic carbocycles. The van der Waals surface area contributed by atoms with Crippen LogP contribution in [-0.4, -0.2) is 47.8 Å². The molecule has 1 aliphatic carbocycles. The van der Waals surface area contributed by atoms with E-state index in [1.54, 1.807) is 30.5 Å². The van der Waals surface area contributed by atoms with E-state index in [9.17, 15) is 18.3 Å². The number of rotatable bonds is 8. The van der Waals surface area contributed by atoms with E-state index >= 15 is 0 Å². The van der Waals surface area contributed by atoms with Crippen LogP contribution in [-0.2, 0) is 26.7 Å². The number of fused-ring (bicyclic) bond motifs is 1. The first-order valence-corrected chi connectivity index (χ1v) is 14.0. The van der Waals surface area contributed by atoms with Crippen LogP contribution in [0.5, 0.6) is 0 Å². The number of pyridine rings is 1. The summed E-state index contributed by atoms with van der Waals surface area (Å²) in [6.07, 6.45) is 4.98. The summed E-state index contributed by atoms with van der Waals surface area (Å²) in [5.41, 5.74) is 3.54. The summed E-state index contributed by atoms with van der Waals surface area (Å²) >= 11 is 0. The Kier molecular flexibility index (Phi) is 5.98. The van der Waals surface area contributed by atoms with Crippen LogP contribution in [0.4, 0.5) is 0 Å². The summed E-state index contributed by atoms with van der Waals surface area (Å²) < 4.78 is 32.9. The van der Waals surface area contributed by atoms with Gasteiger partial charge in [-0.25, -0.2) is 8.42 Å². The molecule has 37 heavy (non-hydrogen) atoms. The summed E-state index contributed by atoms with van der Waals surface area (Å²) in [6, 6.07) is 19.8. The number of aliphatic hydroxyl groups excluding tert-OH is 1. The van der Waals surface area contributed by atoms with E-state index in [0.717, 1.165) is 41.4 Å². The lowest BCUT2D eigenvalue weighted by Crippen LogP contribution is -2.37. The van der Waals surface area contributed by atoms with Gasteiger partial charge < -0.3 is 9.52 Å². The molecule has 1 saturated heterocycles. The van der Waals surface area contributed by atoms with E-state index in [4.69, 9.17) is 9.40 Å². The summed E-state index contributed by atoms with van der Waals surface area (Å²) in [4.78, 5) is 18.3. The highest BCUT2D eigenvalue weighted by molar-refractivity contribution is 7.89. The van der Waals surface area contributed by atoms with Crippen molar-refractivity contribution in [1.82, 2.24) is 9.29 Å². The first kappa shape index (κ1) is 24.0. The Hall–Kier alpha value is -3.33.